The number of amides is 1. The largest absolute Gasteiger partial charge is 0.416 e. The monoisotopic (exact) mass is 539 g/mol. The van der Waals surface area contributed by atoms with E-state index in [-0.39, 0.29) is 34.8 Å². The molecule has 10 nitrogen and oxygen atoms in total. The van der Waals surface area contributed by atoms with E-state index in [0.29, 0.717) is 11.3 Å². The maximum Gasteiger partial charge on any atom is 0.416 e. The summed E-state index contributed by atoms with van der Waals surface area (Å²) in [7, 11) is -4.23. The molecule has 0 fully saturated rings. The molecule has 14 heteroatoms. The number of dihydropyridines is 1. The van der Waals surface area contributed by atoms with Gasteiger partial charge in [-0.05, 0) is 54.8 Å². The summed E-state index contributed by atoms with van der Waals surface area (Å²) in [4.78, 5) is 29.6. The lowest BCUT2D eigenvalue weighted by atomic mass is 9.93. The SMILES string of the molecule is C=C1C(CC(=O)NO)=C(n2c(C)ccc(NS(=O)(=O)Cc3ccc(C(F)(F)F)cc3)c2=O)C(N)=NC1C. The van der Waals surface area contributed by atoms with Gasteiger partial charge in [0.15, 0.2) is 0 Å². The second-order valence-electron chi connectivity index (χ2n) is 8.34. The van der Waals surface area contributed by atoms with Crippen LogP contribution in [0.25, 0.3) is 5.70 Å². The molecule has 37 heavy (non-hydrogen) atoms. The first-order valence-corrected chi connectivity index (χ1v) is 12.4. The third kappa shape index (κ3) is 6.09. The van der Waals surface area contributed by atoms with Gasteiger partial charge >= 0.3 is 6.18 Å². The number of nitrogens with two attached hydrogens (primary N) is 1. The fourth-order valence-corrected chi connectivity index (χ4v) is 4.95. The number of pyridine rings is 1. The molecule has 0 bridgehead atoms. The van der Waals surface area contributed by atoms with Gasteiger partial charge in [0.1, 0.15) is 11.5 Å². The third-order valence-electron chi connectivity index (χ3n) is 5.62. The molecule has 0 radical (unpaired) electrons. The van der Waals surface area contributed by atoms with Crippen LogP contribution in [0.4, 0.5) is 18.9 Å². The zero-order valence-corrected chi connectivity index (χ0v) is 20.6. The number of amidine groups is 1. The van der Waals surface area contributed by atoms with E-state index in [2.05, 4.69) is 16.3 Å². The molecule has 198 valence electrons. The summed E-state index contributed by atoms with van der Waals surface area (Å²) in [6.07, 6.45) is -4.96. The van der Waals surface area contributed by atoms with Crippen molar-refractivity contribution in [2.75, 3.05) is 4.72 Å². The molecule has 1 unspecified atom stereocenters. The van der Waals surface area contributed by atoms with Crippen molar-refractivity contribution in [3.05, 3.63) is 81.3 Å². The van der Waals surface area contributed by atoms with Crippen molar-refractivity contribution in [2.45, 2.75) is 38.2 Å². The lowest BCUT2D eigenvalue weighted by molar-refractivity contribution is -0.137. The van der Waals surface area contributed by atoms with Gasteiger partial charge in [-0.15, -0.1) is 0 Å². The maximum absolute atomic E-state index is 13.4. The van der Waals surface area contributed by atoms with E-state index in [1.807, 2.05) is 0 Å². The van der Waals surface area contributed by atoms with Crippen LogP contribution in [0.15, 0.2) is 63.9 Å². The second-order valence-corrected chi connectivity index (χ2v) is 10.1. The fourth-order valence-electron chi connectivity index (χ4n) is 3.75. The molecular weight excluding hydrogens is 515 g/mol. The number of halogens is 3. The number of alkyl halides is 3. The number of nitrogens with zero attached hydrogens (tertiary/aromatic N) is 2. The maximum atomic E-state index is 13.4. The Morgan fingerprint density at radius 1 is 1.22 bits per heavy atom. The van der Waals surface area contributed by atoms with E-state index in [9.17, 15) is 31.2 Å². The molecule has 1 aromatic carbocycles. The number of aryl methyl sites for hydroxylation is 1. The zero-order chi connectivity index (χ0) is 27.7. The summed E-state index contributed by atoms with van der Waals surface area (Å²) < 4.78 is 67.1. The average Bonchev–Trinajstić information content (AvgIpc) is 2.80. The number of rotatable bonds is 7. The van der Waals surface area contributed by atoms with Crippen molar-refractivity contribution in [1.82, 2.24) is 10.0 Å². The van der Waals surface area contributed by atoms with Gasteiger partial charge in [-0.1, -0.05) is 18.7 Å². The van der Waals surface area contributed by atoms with E-state index in [4.69, 9.17) is 10.9 Å². The van der Waals surface area contributed by atoms with Gasteiger partial charge < -0.3 is 5.73 Å². The van der Waals surface area contributed by atoms with Crippen molar-refractivity contribution in [1.29, 1.82) is 0 Å². The Morgan fingerprint density at radius 2 is 1.84 bits per heavy atom. The first kappa shape index (κ1) is 27.7. The van der Waals surface area contributed by atoms with Crippen molar-refractivity contribution in [3.8, 4) is 0 Å². The van der Waals surface area contributed by atoms with Gasteiger partial charge in [0, 0.05) is 5.69 Å². The molecule has 5 N–H and O–H groups in total. The summed E-state index contributed by atoms with van der Waals surface area (Å²) in [6, 6.07) is 5.73. The van der Waals surface area contributed by atoms with E-state index >= 15 is 0 Å². The van der Waals surface area contributed by atoms with E-state index in [1.54, 1.807) is 13.8 Å². The van der Waals surface area contributed by atoms with Gasteiger partial charge in [0.25, 0.3) is 5.56 Å². The molecule has 2 heterocycles. The lowest BCUT2D eigenvalue weighted by Crippen LogP contribution is -2.36. The number of hydrogen-bond donors (Lipinski definition) is 4. The molecule has 1 amide bonds. The van der Waals surface area contributed by atoms with Crippen LogP contribution in [0.5, 0.6) is 0 Å². The van der Waals surface area contributed by atoms with Gasteiger partial charge in [0.05, 0.1) is 29.5 Å². The highest BCUT2D eigenvalue weighted by atomic mass is 32.2. The van der Waals surface area contributed by atoms with Gasteiger partial charge in [0.2, 0.25) is 15.9 Å². The molecule has 1 aliphatic rings. The molecule has 1 atom stereocenters. The Balaban J connectivity index is 2.02. The molecule has 2 aromatic rings. The van der Waals surface area contributed by atoms with Crippen molar-refractivity contribution in [2.24, 2.45) is 10.7 Å². The van der Waals surface area contributed by atoms with Crippen LogP contribution in [0.2, 0.25) is 0 Å². The molecule has 1 aromatic heterocycles. The van der Waals surface area contributed by atoms with Gasteiger partial charge in [-0.3, -0.25) is 29.1 Å². The molecule has 0 spiro atoms. The third-order valence-corrected chi connectivity index (χ3v) is 6.86. The van der Waals surface area contributed by atoms with Gasteiger partial charge in [-0.25, -0.2) is 13.9 Å². The number of sulfonamides is 1. The number of aliphatic imine (C=N–C) groups is 1. The Kier molecular flexibility index (Phi) is 7.64. The predicted octanol–water partition coefficient (Wildman–Crippen LogP) is 2.54. The normalized spacial score (nSPS) is 16.4. The smallest absolute Gasteiger partial charge is 0.382 e. The summed E-state index contributed by atoms with van der Waals surface area (Å²) in [6.45, 7) is 7.12. The number of carbonyl (C=O) groups excluding carboxylic acids is 1. The topological polar surface area (TPSA) is 156 Å². The highest BCUT2D eigenvalue weighted by Crippen LogP contribution is 2.31. The van der Waals surface area contributed by atoms with Crippen LogP contribution in [0.3, 0.4) is 0 Å². The van der Waals surface area contributed by atoms with Crippen LogP contribution in [0.1, 0.15) is 30.2 Å². The van der Waals surface area contributed by atoms with Crippen LogP contribution in [-0.2, 0) is 26.7 Å². The number of benzene rings is 1. The van der Waals surface area contributed by atoms with E-state index < -0.39 is 45.0 Å². The Hall–Kier alpha value is -3.91. The number of anilines is 1. The van der Waals surface area contributed by atoms with Crippen LogP contribution in [-0.4, -0.2) is 36.0 Å². The molecule has 1 aliphatic heterocycles. The van der Waals surface area contributed by atoms with Crippen molar-refractivity contribution in [3.63, 3.8) is 0 Å². The highest BCUT2D eigenvalue weighted by Gasteiger charge is 2.31. The quantitative estimate of drug-likeness (QED) is 0.313. The van der Waals surface area contributed by atoms with Crippen molar-refractivity contribution >= 4 is 33.2 Å². The number of nitrogens with one attached hydrogen (secondary N) is 2. The molecule has 0 saturated carbocycles. The van der Waals surface area contributed by atoms with Gasteiger partial charge in [-0.2, -0.15) is 13.2 Å². The summed E-state index contributed by atoms with van der Waals surface area (Å²) in [5.41, 5.74) is 6.48. The molecule has 3 rings (SSSR count). The van der Waals surface area contributed by atoms with E-state index in [0.717, 1.165) is 28.8 Å². The Bertz CT molecular complexity index is 1480. The van der Waals surface area contributed by atoms with Crippen LogP contribution in [0, 0.1) is 6.92 Å². The summed E-state index contributed by atoms with van der Waals surface area (Å²) in [5.74, 6) is -1.59. The average molecular weight is 540 g/mol. The van der Waals surface area contributed by atoms with Crippen molar-refractivity contribution < 1.29 is 31.6 Å². The fraction of sp³-hybridized carbons (Fsp3) is 0.261. The second kappa shape index (κ2) is 10.2. The minimum atomic E-state index is -4.57. The molecule has 0 aliphatic carbocycles. The number of hydroxylamine groups is 1. The first-order valence-electron chi connectivity index (χ1n) is 10.7. The Labute approximate surface area is 210 Å². The standard InChI is InChI=1S/C23H24F3N5O5S/c1-12-4-9-18(30-37(35,36)11-15-5-7-16(8-6-15)23(24,25)26)22(33)31(12)20-17(10-19(32)29-34)13(2)14(3)28-21(20)27/h4-9,14,30,34H,2,10-11H2,1,3H3,(H2,27,28)(H,29,32). The number of aromatic nitrogens is 1. The van der Waals surface area contributed by atoms with Crippen LogP contribution < -0.4 is 21.5 Å². The first-order chi connectivity index (χ1) is 17.1. The lowest BCUT2D eigenvalue weighted by Gasteiger charge is -2.27. The number of hydrogen-bond acceptors (Lipinski definition) is 7. The zero-order valence-electron chi connectivity index (χ0n) is 19.8. The molecule has 0 saturated heterocycles. The Morgan fingerprint density at radius 3 is 2.41 bits per heavy atom. The minimum absolute atomic E-state index is 0.0120. The minimum Gasteiger partial charge on any atom is -0.382 e. The predicted molar refractivity (Wildman–Crippen MR) is 131 cm³/mol. The summed E-state index contributed by atoms with van der Waals surface area (Å²) >= 11 is 0. The molecular formula is C23H24F3N5O5S. The van der Waals surface area contributed by atoms with E-state index in [1.165, 1.54) is 17.6 Å². The summed E-state index contributed by atoms with van der Waals surface area (Å²) in [5, 5.41) is 8.98. The van der Waals surface area contributed by atoms with Crippen LogP contribution >= 0.6 is 0 Å². The number of carbonyl (C=O) groups is 1. The highest BCUT2D eigenvalue weighted by molar-refractivity contribution is 7.91.